The normalized spacial score (nSPS) is 14.1. The maximum Gasteiger partial charge on any atom is 0.234 e. The summed E-state index contributed by atoms with van der Waals surface area (Å²) in [6.45, 7) is 6.15. The lowest BCUT2D eigenvalue weighted by Crippen LogP contribution is -2.48. The maximum atomic E-state index is 12.5. The summed E-state index contributed by atoms with van der Waals surface area (Å²) in [6.07, 6.45) is 1.75. The van der Waals surface area contributed by atoms with E-state index in [-0.39, 0.29) is 11.8 Å². The van der Waals surface area contributed by atoms with Crippen LogP contribution in [0.4, 0.5) is 5.69 Å². The molecule has 1 aromatic heterocycles. The van der Waals surface area contributed by atoms with Crippen molar-refractivity contribution in [3.8, 4) is 17.0 Å². The number of carbonyl (C=O) groups is 2. The van der Waals surface area contributed by atoms with Crippen LogP contribution >= 0.6 is 11.8 Å². The Balaban J connectivity index is 1.38. The van der Waals surface area contributed by atoms with Crippen molar-refractivity contribution in [3.63, 3.8) is 0 Å². The standard InChI is InChI=1S/C26H31N5O3S/c1-20(32)31-14-12-30(13-15-31)16-17-34-25-9-8-21(18-23(25)24-10-11-27-29(24)2)28-26(33)19-35-22-6-4-3-5-7-22/h3-11,18H,12-17,19H2,1-2H3,(H,28,33). The summed E-state index contributed by atoms with van der Waals surface area (Å²) in [5, 5.41) is 7.29. The van der Waals surface area contributed by atoms with Gasteiger partial charge in [-0.1, -0.05) is 18.2 Å². The van der Waals surface area contributed by atoms with Gasteiger partial charge in [0.2, 0.25) is 11.8 Å². The number of piperazine rings is 1. The van der Waals surface area contributed by atoms with Gasteiger partial charge in [0.05, 0.1) is 11.4 Å². The predicted octanol–water partition coefficient (Wildman–Crippen LogP) is 3.36. The quantitative estimate of drug-likeness (QED) is 0.461. The van der Waals surface area contributed by atoms with Crippen molar-refractivity contribution in [2.75, 3.05) is 50.4 Å². The number of anilines is 1. The molecule has 2 heterocycles. The minimum absolute atomic E-state index is 0.0619. The van der Waals surface area contributed by atoms with E-state index in [0.29, 0.717) is 18.0 Å². The second-order valence-corrected chi connectivity index (χ2v) is 9.45. The first-order valence-corrected chi connectivity index (χ1v) is 12.7. The molecule has 2 aromatic carbocycles. The molecule has 0 saturated carbocycles. The van der Waals surface area contributed by atoms with Crippen LogP contribution in [0, 0.1) is 0 Å². The summed E-state index contributed by atoms with van der Waals surface area (Å²) in [4.78, 5) is 29.3. The van der Waals surface area contributed by atoms with Crippen LogP contribution in [-0.2, 0) is 16.6 Å². The highest BCUT2D eigenvalue weighted by Crippen LogP contribution is 2.32. The average molecular weight is 494 g/mol. The van der Waals surface area contributed by atoms with E-state index in [0.717, 1.165) is 54.6 Å². The van der Waals surface area contributed by atoms with Gasteiger partial charge >= 0.3 is 0 Å². The zero-order valence-electron chi connectivity index (χ0n) is 20.1. The van der Waals surface area contributed by atoms with Gasteiger partial charge in [-0.15, -0.1) is 11.8 Å². The van der Waals surface area contributed by atoms with Crippen molar-refractivity contribution in [2.24, 2.45) is 7.05 Å². The van der Waals surface area contributed by atoms with Crippen molar-refractivity contribution < 1.29 is 14.3 Å². The number of thioether (sulfide) groups is 1. The van der Waals surface area contributed by atoms with Crippen LogP contribution in [0.2, 0.25) is 0 Å². The van der Waals surface area contributed by atoms with E-state index in [4.69, 9.17) is 4.74 Å². The minimum atomic E-state index is -0.0619. The van der Waals surface area contributed by atoms with Crippen LogP contribution < -0.4 is 10.1 Å². The molecule has 0 spiro atoms. The molecule has 35 heavy (non-hydrogen) atoms. The average Bonchev–Trinajstić information content (AvgIpc) is 3.30. The molecule has 9 heteroatoms. The summed E-state index contributed by atoms with van der Waals surface area (Å²) in [7, 11) is 1.88. The Morgan fingerprint density at radius 1 is 1.06 bits per heavy atom. The Kier molecular flexibility index (Phi) is 8.44. The van der Waals surface area contributed by atoms with Gasteiger partial charge in [-0.05, 0) is 36.4 Å². The predicted molar refractivity (Wildman–Crippen MR) is 139 cm³/mol. The van der Waals surface area contributed by atoms with E-state index < -0.39 is 0 Å². The van der Waals surface area contributed by atoms with Gasteiger partial charge in [-0.25, -0.2) is 0 Å². The van der Waals surface area contributed by atoms with E-state index in [2.05, 4.69) is 15.3 Å². The Morgan fingerprint density at radius 3 is 2.51 bits per heavy atom. The molecule has 1 fully saturated rings. The number of aromatic nitrogens is 2. The van der Waals surface area contributed by atoms with Gasteiger partial charge in [-0.2, -0.15) is 5.10 Å². The fourth-order valence-electron chi connectivity index (χ4n) is 4.01. The van der Waals surface area contributed by atoms with Gasteiger partial charge in [0, 0.05) is 69.0 Å². The summed E-state index contributed by atoms with van der Waals surface area (Å²) in [5.74, 6) is 1.15. The Labute approximate surface area is 210 Å². The first-order valence-electron chi connectivity index (χ1n) is 11.7. The van der Waals surface area contributed by atoms with Gasteiger partial charge in [0.1, 0.15) is 12.4 Å². The second-order valence-electron chi connectivity index (χ2n) is 8.40. The molecule has 4 rings (SSSR count). The Hall–Kier alpha value is -3.30. The molecule has 1 aliphatic rings. The SMILES string of the molecule is CC(=O)N1CCN(CCOc2ccc(NC(=O)CSc3ccccc3)cc2-c2ccnn2C)CC1. The van der Waals surface area contributed by atoms with Crippen LogP contribution in [0.25, 0.3) is 11.3 Å². The van der Waals surface area contributed by atoms with Crippen LogP contribution in [0.3, 0.4) is 0 Å². The minimum Gasteiger partial charge on any atom is -0.492 e. The molecule has 0 atom stereocenters. The molecule has 1 saturated heterocycles. The largest absolute Gasteiger partial charge is 0.492 e. The van der Waals surface area contributed by atoms with Crippen molar-refractivity contribution in [3.05, 3.63) is 60.8 Å². The van der Waals surface area contributed by atoms with Crippen molar-refractivity contribution >= 4 is 29.3 Å². The highest BCUT2D eigenvalue weighted by atomic mass is 32.2. The number of ether oxygens (including phenoxy) is 1. The van der Waals surface area contributed by atoms with Crippen molar-refractivity contribution in [2.45, 2.75) is 11.8 Å². The summed E-state index contributed by atoms with van der Waals surface area (Å²) >= 11 is 1.50. The van der Waals surface area contributed by atoms with Crippen LogP contribution in [0.5, 0.6) is 5.75 Å². The second kappa shape index (κ2) is 11.9. The lowest BCUT2D eigenvalue weighted by molar-refractivity contribution is -0.130. The number of nitrogens with one attached hydrogen (secondary N) is 1. The first-order chi connectivity index (χ1) is 17.0. The van der Waals surface area contributed by atoms with Crippen LogP contribution in [0.1, 0.15) is 6.92 Å². The van der Waals surface area contributed by atoms with E-state index in [1.54, 1.807) is 17.8 Å². The summed E-state index contributed by atoms with van der Waals surface area (Å²) in [6, 6.07) is 17.5. The molecule has 8 nitrogen and oxygen atoms in total. The Bertz CT molecular complexity index is 1140. The number of aryl methyl sites for hydroxylation is 1. The lowest BCUT2D eigenvalue weighted by atomic mass is 10.1. The molecule has 0 radical (unpaired) electrons. The third-order valence-electron chi connectivity index (χ3n) is 5.96. The highest BCUT2D eigenvalue weighted by molar-refractivity contribution is 8.00. The number of hydrogen-bond acceptors (Lipinski definition) is 6. The smallest absolute Gasteiger partial charge is 0.234 e. The maximum absolute atomic E-state index is 12.5. The fraction of sp³-hybridized carbons (Fsp3) is 0.346. The highest BCUT2D eigenvalue weighted by Gasteiger charge is 2.19. The number of benzene rings is 2. The van der Waals surface area contributed by atoms with E-state index in [1.165, 1.54) is 11.8 Å². The van der Waals surface area contributed by atoms with Gasteiger partial charge in [0.15, 0.2) is 0 Å². The van der Waals surface area contributed by atoms with Gasteiger partial charge in [0.25, 0.3) is 0 Å². The van der Waals surface area contributed by atoms with E-state index in [9.17, 15) is 9.59 Å². The molecule has 1 aliphatic heterocycles. The first kappa shape index (κ1) is 24.8. The van der Waals surface area contributed by atoms with Crippen LogP contribution in [0.15, 0.2) is 65.7 Å². The lowest BCUT2D eigenvalue weighted by Gasteiger charge is -2.34. The van der Waals surface area contributed by atoms with Gasteiger partial charge < -0.3 is 15.0 Å². The molecule has 0 aliphatic carbocycles. The van der Waals surface area contributed by atoms with E-state index in [1.807, 2.05) is 66.5 Å². The molecule has 2 amide bonds. The summed E-state index contributed by atoms with van der Waals surface area (Å²) in [5.41, 5.74) is 2.50. The number of nitrogens with zero attached hydrogens (tertiary/aromatic N) is 4. The van der Waals surface area contributed by atoms with Crippen LogP contribution in [-0.4, -0.2) is 76.5 Å². The number of amides is 2. The Morgan fingerprint density at radius 2 is 1.83 bits per heavy atom. The van der Waals surface area contributed by atoms with Crippen molar-refractivity contribution in [1.82, 2.24) is 19.6 Å². The monoisotopic (exact) mass is 493 g/mol. The number of rotatable bonds is 9. The molecule has 3 aromatic rings. The fourth-order valence-corrected chi connectivity index (χ4v) is 4.73. The molecule has 0 bridgehead atoms. The number of carbonyl (C=O) groups excluding carboxylic acids is 2. The third-order valence-corrected chi connectivity index (χ3v) is 6.97. The van der Waals surface area contributed by atoms with Crippen molar-refractivity contribution in [1.29, 1.82) is 0 Å². The third kappa shape index (κ3) is 6.86. The topological polar surface area (TPSA) is 79.7 Å². The van der Waals surface area contributed by atoms with Gasteiger partial charge in [-0.3, -0.25) is 19.2 Å². The zero-order chi connectivity index (χ0) is 24.6. The molecular weight excluding hydrogens is 462 g/mol. The molecular formula is C26H31N5O3S. The molecule has 184 valence electrons. The van der Waals surface area contributed by atoms with E-state index >= 15 is 0 Å². The summed E-state index contributed by atoms with van der Waals surface area (Å²) < 4.78 is 7.97. The zero-order valence-corrected chi connectivity index (χ0v) is 21.0. The number of hydrogen-bond donors (Lipinski definition) is 1. The molecule has 1 N–H and O–H groups in total. The molecule has 0 unspecified atom stereocenters.